The highest BCUT2D eigenvalue weighted by atomic mass is 35.5. The maximum Gasteiger partial charge on any atom is 0.256 e. The Bertz CT molecular complexity index is 1440. The largest absolute Gasteiger partial charge is 0.363 e. The molecule has 0 radical (unpaired) electrons. The van der Waals surface area contributed by atoms with Crippen molar-refractivity contribution in [3.8, 4) is 0 Å². The highest BCUT2D eigenvalue weighted by Crippen LogP contribution is 2.38. The van der Waals surface area contributed by atoms with E-state index in [9.17, 15) is 8.42 Å². The van der Waals surface area contributed by atoms with Gasteiger partial charge in [-0.3, -0.25) is 0 Å². The van der Waals surface area contributed by atoms with Gasteiger partial charge in [0.25, 0.3) is 5.78 Å². The van der Waals surface area contributed by atoms with Crippen LogP contribution in [-0.2, 0) is 9.84 Å². The van der Waals surface area contributed by atoms with Gasteiger partial charge in [0.1, 0.15) is 27.8 Å². The summed E-state index contributed by atoms with van der Waals surface area (Å²) >= 11 is 12.5. The van der Waals surface area contributed by atoms with E-state index in [-0.39, 0.29) is 11.3 Å². The topological polar surface area (TPSA) is 95.7 Å². The summed E-state index contributed by atoms with van der Waals surface area (Å²) in [5.74, 6) is 3.50. The van der Waals surface area contributed by atoms with Crippen LogP contribution in [0.3, 0.4) is 0 Å². The second-order valence-electron chi connectivity index (χ2n) is 11.1. The number of sulfone groups is 1. The molecule has 0 amide bonds. The molecule has 3 fully saturated rings. The summed E-state index contributed by atoms with van der Waals surface area (Å²) < 4.78 is 25.4. The van der Waals surface area contributed by atoms with Crippen LogP contribution in [-0.4, -0.2) is 76.6 Å². The lowest BCUT2D eigenvalue weighted by molar-refractivity contribution is 0.0533. The van der Waals surface area contributed by atoms with Gasteiger partial charge >= 0.3 is 0 Å². The normalized spacial score (nSPS) is 25.7. The third-order valence-corrected chi connectivity index (χ3v) is 10.8. The predicted octanol–water partition coefficient (Wildman–Crippen LogP) is 4.33. The molecule has 1 aromatic carbocycles. The van der Waals surface area contributed by atoms with E-state index in [2.05, 4.69) is 25.2 Å². The highest BCUT2D eigenvalue weighted by molar-refractivity contribution is 7.91. The number of rotatable bonds is 7. The lowest BCUT2D eigenvalue weighted by Crippen LogP contribution is -2.57. The molecule has 3 aromatic rings. The van der Waals surface area contributed by atoms with E-state index in [1.807, 2.05) is 25.1 Å². The molecule has 4 heterocycles. The third kappa shape index (κ3) is 5.08. The first kappa shape index (κ1) is 26.1. The van der Waals surface area contributed by atoms with Gasteiger partial charge < -0.3 is 15.1 Å². The van der Waals surface area contributed by atoms with Crippen molar-refractivity contribution >= 4 is 50.5 Å². The molecular weight excluding hydrogens is 545 g/mol. The Labute approximate surface area is 233 Å². The number of fused-ring (bicyclic) bond motifs is 1. The summed E-state index contributed by atoms with van der Waals surface area (Å²) in [4.78, 5) is 14.0. The molecule has 2 aliphatic heterocycles. The summed E-state index contributed by atoms with van der Waals surface area (Å²) in [6, 6.07) is 7.91. The van der Waals surface area contributed by atoms with E-state index in [0.29, 0.717) is 33.7 Å². The second kappa shape index (κ2) is 10.1. The Balaban J connectivity index is 1.11. The zero-order valence-corrected chi connectivity index (χ0v) is 23.9. The SMILES string of the molecule is C[C@@H](Nc1cc(N2CC(C3CCCN(C4CC(S(C)(=O)=O)C4)C3)C2)nc2ncnn12)c1ccc(Cl)cc1Cl. The number of aromatic nitrogens is 4. The molecule has 12 heteroatoms. The molecule has 9 nitrogen and oxygen atoms in total. The van der Waals surface area contributed by atoms with Crippen LogP contribution in [0.2, 0.25) is 10.0 Å². The van der Waals surface area contributed by atoms with Crippen LogP contribution in [0.5, 0.6) is 0 Å². The molecule has 1 unspecified atom stereocenters. The molecule has 1 aliphatic carbocycles. The monoisotopic (exact) mass is 577 g/mol. The Hall–Kier alpha value is -2.14. The minimum absolute atomic E-state index is 0.0754. The quantitative estimate of drug-likeness (QED) is 0.443. The zero-order chi connectivity index (χ0) is 26.6. The van der Waals surface area contributed by atoms with E-state index in [1.54, 1.807) is 10.6 Å². The van der Waals surface area contributed by atoms with Gasteiger partial charge in [-0.25, -0.2) is 8.42 Å². The number of halogens is 2. The lowest BCUT2D eigenvalue weighted by atomic mass is 9.79. The smallest absolute Gasteiger partial charge is 0.256 e. The van der Waals surface area contributed by atoms with Crippen molar-refractivity contribution in [3.63, 3.8) is 0 Å². The van der Waals surface area contributed by atoms with Crippen molar-refractivity contribution in [2.45, 2.75) is 49.9 Å². The van der Waals surface area contributed by atoms with E-state index < -0.39 is 9.84 Å². The van der Waals surface area contributed by atoms with Crippen LogP contribution < -0.4 is 10.2 Å². The molecular formula is C26H33Cl2N7O2S. The summed E-state index contributed by atoms with van der Waals surface area (Å²) in [6.45, 7) is 6.13. The number of benzene rings is 1. The molecule has 1 saturated carbocycles. The second-order valence-corrected chi connectivity index (χ2v) is 14.3. The van der Waals surface area contributed by atoms with Crippen molar-refractivity contribution < 1.29 is 8.42 Å². The predicted molar refractivity (Wildman–Crippen MR) is 151 cm³/mol. The van der Waals surface area contributed by atoms with Gasteiger partial charge in [0.05, 0.1) is 11.3 Å². The van der Waals surface area contributed by atoms with Crippen molar-refractivity contribution in [3.05, 3.63) is 46.2 Å². The molecule has 0 bridgehead atoms. The first-order chi connectivity index (χ1) is 18.2. The molecule has 38 heavy (non-hydrogen) atoms. The minimum Gasteiger partial charge on any atom is -0.363 e. The molecule has 2 atom stereocenters. The number of anilines is 2. The van der Waals surface area contributed by atoms with Gasteiger partial charge in [-0.1, -0.05) is 29.3 Å². The summed E-state index contributed by atoms with van der Waals surface area (Å²) in [5, 5.41) is 8.96. The maximum absolute atomic E-state index is 11.8. The Kier molecular flexibility index (Phi) is 6.95. The van der Waals surface area contributed by atoms with E-state index >= 15 is 0 Å². The third-order valence-electron chi connectivity index (χ3n) is 8.61. The average molecular weight is 579 g/mol. The van der Waals surface area contributed by atoms with Gasteiger partial charge in [0, 0.05) is 48.0 Å². The van der Waals surface area contributed by atoms with Crippen LogP contribution in [0.25, 0.3) is 5.78 Å². The van der Waals surface area contributed by atoms with Gasteiger partial charge in [-0.05, 0) is 68.7 Å². The summed E-state index contributed by atoms with van der Waals surface area (Å²) in [7, 11) is -2.91. The standard InChI is InChI=1S/C26H33Cl2N7O2S/c1-16(22-6-5-19(27)8-23(22)28)31-25-11-24(32-26-29-15-30-35(25)26)34-13-18(14-34)17-4-3-7-33(12-17)20-9-21(10-20)38(2,36)37/h5-6,8,11,15-18,20-21,31H,3-4,7,9-10,12-14H2,1-2H3/t16-,17?,20?,21?/m1/s1. The minimum atomic E-state index is -2.91. The number of hydrogen-bond acceptors (Lipinski definition) is 8. The van der Waals surface area contributed by atoms with Gasteiger partial charge in [0.15, 0.2) is 0 Å². The van der Waals surface area contributed by atoms with Crippen LogP contribution in [0.15, 0.2) is 30.6 Å². The first-order valence-electron chi connectivity index (χ1n) is 13.3. The van der Waals surface area contributed by atoms with E-state index in [1.165, 1.54) is 25.4 Å². The number of nitrogens with zero attached hydrogens (tertiary/aromatic N) is 6. The van der Waals surface area contributed by atoms with E-state index in [0.717, 1.165) is 56.2 Å². The fourth-order valence-corrected chi connectivity index (χ4v) is 7.87. The lowest BCUT2D eigenvalue weighted by Gasteiger charge is -2.50. The fraction of sp³-hybridized carbons (Fsp3) is 0.577. The van der Waals surface area contributed by atoms with Crippen molar-refractivity contribution in [1.29, 1.82) is 0 Å². The summed E-state index contributed by atoms with van der Waals surface area (Å²) in [5.41, 5.74) is 0.947. The average Bonchev–Trinajstić information content (AvgIpc) is 3.25. The Morgan fingerprint density at radius 3 is 2.63 bits per heavy atom. The number of nitrogens with one attached hydrogen (secondary N) is 1. The molecule has 2 saturated heterocycles. The van der Waals surface area contributed by atoms with Gasteiger partial charge in [-0.2, -0.15) is 19.6 Å². The Morgan fingerprint density at radius 2 is 1.89 bits per heavy atom. The molecule has 3 aliphatic rings. The molecule has 204 valence electrons. The summed E-state index contributed by atoms with van der Waals surface area (Å²) in [6.07, 6.45) is 6.89. The molecule has 2 aromatic heterocycles. The number of likely N-dealkylation sites (tertiary alicyclic amines) is 1. The van der Waals surface area contributed by atoms with Crippen LogP contribution in [0.4, 0.5) is 11.6 Å². The first-order valence-corrected chi connectivity index (χ1v) is 16.0. The van der Waals surface area contributed by atoms with Crippen molar-refractivity contribution in [1.82, 2.24) is 24.5 Å². The highest BCUT2D eigenvalue weighted by Gasteiger charge is 2.43. The maximum atomic E-state index is 11.8. The molecule has 6 rings (SSSR count). The van der Waals surface area contributed by atoms with Crippen LogP contribution in [0.1, 0.15) is 44.2 Å². The number of piperidine rings is 1. The molecule has 0 spiro atoms. The van der Waals surface area contributed by atoms with E-state index in [4.69, 9.17) is 28.2 Å². The van der Waals surface area contributed by atoms with Gasteiger partial charge in [0.2, 0.25) is 0 Å². The van der Waals surface area contributed by atoms with Crippen LogP contribution in [0, 0.1) is 11.8 Å². The van der Waals surface area contributed by atoms with Crippen LogP contribution >= 0.6 is 23.2 Å². The fourth-order valence-electron chi connectivity index (χ4n) is 6.16. The Morgan fingerprint density at radius 1 is 1.11 bits per heavy atom. The van der Waals surface area contributed by atoms with Crippen molar-refractivity contribution in [2.75, 3.05) is 42.7 Å². The zero-order valence-electron chi connectivity index (χ0n) is 21.6. The molecule has 1 N–H and O–H groups in total. The number of hydrogen-bond donors (Lipinski definition) is 1. The van der Waals surface area contributed by atoms with Crippen molar-refractivity contribution in [2.24, 2.45) is 11.8 Å². The van der Waals surface area contributed by atoms with Gasteiger partial charge in [-0.15, -0.1) is 0 Å².